The highest BCUT2D eigenvalue weighted by Gasteiger charge is 2.15. The molecule has 1 N–H and O–H groups in total. The third kappa shape index (κ3) is 2.03. The fourth-order valence-corrected chi connectivity index (χ4v) is 1.67. The molecular formula is C13H8FN3O2. The summed E-state index contributed by atoms with van der Waals surface area (Å²) in [5, 5.41) is 3.69. The summed E-state index contributed by atoms with van der Waals surface area (Å²) in [6.07, 6.45) is 1.50. The molecule has 19 heavy (non-hydrogen) atoms. The number of halogens is 1. The molecule has 0 aliphatic heterocycles. The highest BCUT2D eigenvalue weighted by Crippen LogP contribution is 2.22. The quantitative estimate of drug-likeness (QED) is 0.764. The number of hydrogen-bond donors (Lipinski definition) is 1. The Balaban J connectivity index is 2.08. The lowest BCUT2D eigenvalue weighted by atomic mass is 10.2. The second-order valence-electron chi connectivity index (χ2n) is 3.82. The van der Waals surface area contributed by atoms with Crippen molar-refractivity contribution >= 4 is 0 Å². The zero-order valence-corrected chi connectivity index (χ0v) is 9.63. The van der Waals surface area contributed by atoms with E-state index in [0.29, 0.717) is 0 Å². The Morgan fingerprint density at radius 3 is 2.68 bits per heavy atom. The number of nitrogens with one attached hydrogen (secondary N) is 1. The number of aromatic nitrogens is 3. The molecule has 3 aromatic rings. The van der Waals surface area contributed by atoms with Gasteiger partial charge in [0.25, 0.3) is 11.4 Å². The van der Waals surface area contributed by atoms with Gasteiger partial charge in [0.1, 0.15) is 11.4 Å². The van der Waals surface area contributed by atoms with E-state index in [0.717, 1.165) is 0 Å². The van der Waals surface area contributed by atoms with Gasteiger partial charge in [0.2, 0.25) is 5.82 Å². The lowest BCUT2D eigenvalue weighted by Crippen LogP contribution is -2.06. The average Bonchev–Trinajstić information content (AvgIpc) is 2.89. The fraction of sp³-hybridized carbons (Fsp3) is 0. The van der Waals surface area contributed by atoms with Crippen molar-refractivity contribution in [2.24, 2.45) is 0 Å². The number of nitrogens with zero attached hydrogens (tertiary/aromatic N) is 2. The molecule has 2 heterocycles. The first-order valence-corrected chi connectivity index (χ1v) is 5.52. The Hall–Kier alpha value is -2.76. The van der Waals surface area contributed by atoms with E-state index >= 15 is 0 Å². The fourth-order valence-electron chi connectivity index (χ4n) is 1.67. The summed E-state index contributed by atoms with van der Waals surface area (Å²) in [7, 11) is 0. The standard InChI is InChI=1S/C13H8FN3O2/c14-10-6-2-1-4-8(10)11-16-13(19-17-11)9-5-3-7-15-12(9)18/h1-7H,(H,15,18). The van der Waals surface area contributed by atoms with Crippen LogP contribution in [0.1, 0.15) is 0 Å². The summed E-state index contributed by atoms with van der Waals surface area (Å²) >= 11 is 0. The van der Waals surface area contributed by atoms with E-state index < -0.39 is 5.82 Å². The minimum absolute atomic E-state index is 0.0557. The zero-order chi connectivity index (χ0) is 13.2. The van der Waals surface area contributed by atoms with Crippen LogP contribution < -0.4 is 5.56 Å². The molecule has 0 unspecified atom stereocenters. The van der Waals surface area contributed by atoms with E-state index in [1.165, 1.54) is 12.3 Å². The van der Waals surface area contributed by atoms with Crippen LogP contribution in [-0.4, -0.2) is 15.1 Å². The molecule has 5 nitrogen and oxygen atoms in total. The number of aromatic amines is 1. The monoisotopic (exact) mass is 257 g/mol. The van der Waals surface area contributed by atoms with E-state index in [2.05, 4.69) is 15.1 Å². The van der Waals surface area contributed by atoms with Crippen LogP contribution in [0.3, 0.4) is 0 Å². The largest absolute Gasteiger partial charge is 0.333 e. The van der Waals surface area contributed by atoms with Gasteiger partial charge < -0.3 is 9.51 Å². The molecule has 0 radical (unpaired) electrons. The maximum Gasteiger partial charge on any atom is 0.263 e. The minimum atomic E-state index is -0.447. The third-order valence-electron chi connectivity index (χ3n) is 2.59. The smallest absolute Gasteiger partial charge is 0.263 e. The lowest BCUT2D eigenvalue weighted by Gasteiger charge is -1.94. The number of hydrogen-bond acceptors (Lipinski definition) is 4. The molecule has 94 valence electrons. The molecule has 0 saturated heterocycles. The summed E-state index contributed by atoms with van der Waals surface area (Å²) in [5.41, 5.74) is 0.133. The van der Waals surface area contributed by atoms with Gasteiger partial charge in [-0.3, -0.25) is 4.79 Å². The van der Waals surface area contributed by atoms with Gasteiger partial charge in [-0.1, -0.05) is 17.3 Å². The van der Waals surface area contributed by atoms with Gasteiger partial charge in [-0.15, -0.1) is 0 Å². The molecule has 2 aromatic heterocycles. The molecule has 0 fully saturated rings. The van der Waals surface area contributed by atoms with Crippen molar-refractivity contribution in [3.8, 4) is 22.8 Å². The van der Waals surface area contributed by atoms with Gasteiger partial charge in [0, 0.05) is 6.20 Å². The van der Waals surface area contributed by atoms with E-state index in [1.807, 2.05) is 0 Å². The van der Waals surface area contributed by atoms with E-state index in [9.17, 15) is 9.18 Å². The molecule has 0 amide bonds. The maximum atomic E-state index is 13.6. The van der Waals surface area contributed by atoms with Crippen molar-refractivity contribution < 1.29 is 8.91 Å². The van der Waals surface area contributed by atoms with Crippen LogP contribution >= 0.6 is 0 Å². The van der Waals surface area contributed by atoms with Gasteiger partial charge in [-0.2, -0.15) is 4.98 Å². The van der Waals surface area contributed by atoms with E-state index in [1.54, 1.807) is 30.3 Å². The highest BCUT2D eigenvalue weighted by atomic mass is 19.1. The SMILES string of the molecule is O=c1[nH]cccc1-c1nc(-c2ccccc2F)no1. The van der Waals surface area contributed by atoms with E-state index in [-0.39, 0.29) is 28.4 Å². The molecule has 0 saturated carbocycles. The molecule has 1 aromatic carbocycles. The van der Waals surface area contributed by atoms with Crippen molar-refractivity contribution in [1.29, 1.82) is 0 Å². The van der Waals surface area contributed by atoms with Crippen molar-refractivity contribution in [2.75, 3.05) is 0 Å². The summed E-state index contributed by atoms with van der Waals surface area (Å²) in [5.74, 6) is -0.284. The number of pyridine rings is 1. The topological polar surface area (TPSA) is 71.8 Å². The van der Waals surface area contributed by atoms with Crippen LogP contribution in [-0.2, 0) is 0 Å². The van der Waals surface area contributed by atoms with Crippen molar-refractivity contribution in [3.63, 3.8) is 0 Å². The number of H-pyrrole nitrogens is 1. The summed E-state index contributed by atoms with van der Waals surface area (Å²) in [6.45, 7) is 0. The second-order valence-corrected chi connectivity index (χ2v) is 3.82. The van der Waals surface area contributed by atoms with Crippen molar-refractivity contribution in [1.82, 2.24) is 15.1 Å². The first kappa shape index (κ1) is 11.3. The Kier molecular flexibility index (Phi) is 2.68. The van der Waals surface area contributed by atoms with Crippen LogP contribution in [0.15, 0.2) is 51.9 Å². The van der Waals surface area contributed by atoms with Crippen LogP contribution in [0.4, 0.5) is 4.39 Å². The van der Waals surface area contributed by atoms with Crippen LogP contribution in [0.2, 0.25) is 0 Å². The second kappa shape index (κ2) is 4.49. The van der Waals surface area contributed by atoms with E-state index in [4.69, 9.17) is 4.52 Å². The first-order chi connectivity index (χ1) is 9.25. The Morgan fingerprint density at radius 2 is 1.89 bits per heavy atom. The predicted molar refractivity (Wildman–Crippen MR) is 65.7 cm³/mol. The number of rotatable bonds is 2. The molecule has 0 aliphatic carbocycles. The van der Waals surface area contributed by atoms with Gasteiger partial charge in [-0.25, -0.2) is 4.39 Å². The first-order valence-electron chi connectivity index (χ1n) is 5.52. The normalized spacial score (nSPS) is 10.6. The molecule has 6 heteroatoms. The Bertz CT molecular complexity index is 779. The van der Waals surface area contributed by atoms with Crippen LogP contribution in [0, 0.1) is 5.82 Å². The Labute approximate surface area is 106 Å². The zero-order valence-electron chi connectivity index (χ0n) is 9.63. The van der Waals surface area contributed by atoms with Gasteiger partial charge >= 0.3 is 0 Å². The van der Waals surface area contributed by atoms with Gasteiger partial charge in [-0.05, 0) is 24.3 Å². The summed E-state index contributed by atoms with van der Waals surface area (Å²) in [4.78, 5) is 18.1. The van der Waals surface area contributed by atoms with Gasteiger partial charge in [0.05, 0.1) is 5.56 Å². The highest BCUT2D eigenvalue weighted by molar-refractivity contribution is 5.59. The molecular weight excluding hydrogens is 249 g/mol. The molecule has 0 atom stereocenters. The molecule has 3 rings (SSSR count). The molecule has 0 bridgehead atoms. The van der Waals surface area contributed by atoms with Crippen LogP contribution in [0.25, 0.3) is 22.8 Å². The molecule has 0 aliphatic rings. The van der Waals surface area contributed by atoms with Gasteiger partial charge in [0.15, 0.2) is 0 Å². The number of benzene rings is 1. The van der Waals surface area contributed by atoms with Crippen molar-refractivity contribution in [2.45, 2.75) is 0 Å². The summed E-state index contributed by atoms with van der Waals surface area (Å²) < 4.78 is 18.6. The summed E-state index contributed by atoms with van der Waals surface area (Å²) in [6, 6.07) is 9.28. The minimum Gasteiger partial charge on any atom is -0.333 e. The van der Waals surface area contributed by atoms with Crippen molar-refractivity contribution in [3.05, 3.63) is 58.8 Å². The third-order valence-corrected chi connectivity index (χ3v) is 2.59. The predicted octanol–water partition coefficient (Wildman–Crippen LogP) is 2.23. The molecule has 0 spiro atoms. The van der Waals surface area contributed by atoms with Crippen LogP contribution in [0.5, 0.6) is 0 Å². The maximum absolute atomic E-state index is 13.6. The average molecular weight is 257 g/mol. The lowest BCUT2D eigenvalue weighted by molar-refractivity contribution is 0.431. The Morgan fingerprint density at radius 1 is 1.11 bits per heavy atom.